The molecule has 0 saturated carbocycles. The lowest BCUT2D eigenvalue weighted by Crippen LogP contribution is -2.35. The van der Waals surface area contributed by atoms with E-state index in [4.69, 9.17) is 0 Å². The van der Waals surface area contributed by atoms with E-state index in [-0.39, 0.29) is 10.8 Å². The quantitative estimate of drug-likeness (QED) is 0.816. The number of anilines is 1. The minimum absolute atomic E-state index is 0.0726. The van der Waals surface area contributed by atoms with E-state index in [2.05, 4.69) is 4.72 Å². The number of sulfonamides is 1. The number of aliphatic carboxylic acids is 1. The van der Waals surface area contributed by atoms with E-state index in [0.29, 0.717) is 17.8 Å². The molecule has 0 fully saturated rings. The maximum atomic E-state index is 12.8. The molecule has 0 aromatic heterocycles. The zero-order valence-electron chi connectivity index (χ0n) is 14.8. The molecule has 0 bridgehead atoms. The van der Waals surface area contributed by atoms with Gasteiger partial charge in [-0.15, -0.1) is 0 Å². The van der Waals surface area contributed by atoms with Crippen LogP contribution in [-0.4, -0.2) is 31.9 Å². The van der Waals surface area contributed by atoms with Gasteiger partial charge < -0.3 is 10.0 Å². The van der Waals surface area contributed by atoms with Gasteiger partial charge in [-0.2, -0.15) is 4.72 Å². The Bertz CT molecular complexity index is 973. The topological polar surface area (TPSA) is 104 Å². The molecule has 0 aliphatic carbocycles. The highest BCUT2D eigenvalue weighted by Gasteiger charge is 2.28. The summed E-state index contributed by atoms with van der Waals surface area (Å²) in [6, 6.07) is 11.2. The minimum Gasteiger partial charge on any atom is -0.480 e. The number of carboxylic acid groups (broad SMARTS) is 1. The van der Waals surface area contributed by atoms with Gasteiger partial charge in [0.1, 0.15) is 6.04 Å². The number of fused-ring (bicyclic) bond motifs is 1. The summed E-state index contributed by atoms with van der Waals surface area (Å²) in [5.41, 5.74) is 1.79. The van der Waals surface area contributed by atoms with E-state index in [9.17, 15) is 23.1 Å². The third-order valence-corrected chi connectivity index (χ3v) is 5.94. The van der Waals surface area contributed by atoms with Crippen LogP contribution in [0.15, 0.2) is 53.4 Å². The van der Waals surface area contributed by atoms with Crippen LogP contribution in [0, 0.1) is 0 Å². The summed E-state index contributed by atoms with van der Waals surface area (Å²) in [5.74, 6) is -1.46. The summed E-state index contributed by atoms with van der Waals surface area (Å²) in [7, 11) is -4.10. The van der Waals surface area contributed by atoms with Gasteiger partial charge in [0.15, 0.2) is 0 Å². The second-order valence-corrected chi connectivity index (χ2v) is 8.08. The highest BCUT2D eigenvalue weighted by atomic mass is 32.2. The van der Waals surface area contributed by atoms with Crippen molar-refractivity contribution in [3.05, 3.63) is 59.7 Å². The van der Waals surface area contributed by atoms with Crippen molar-refractivity contribution in [3.63, 3.8) is 0 Å². The molecule has 1 heterocycles. The zero-order chi connectivity index (χ0) is 19.6. The third-order valence-electron chi connectivity index (χ3n) is 4.52. The Kier molecular flexibility index (Phi) is 5.29. The van der Waals surface area contributed by atoms with Gasteiger partial charge in [0.05, 0.1) is 4.90 Å². The number of rotatable bonds is 5. The number of carbonyl (C=O) groups excluding carboxylic acids is 1. The standard InChI is InChI=1S/C19H20N2O5S/c1-13(22)21-11-5-8-14-9-10-16(12-17(14)21)27(25,26)20-18(19(23)24)15-6-3-2-4-7-15/h2-4,6-7,9-10,12,18,20H,5,8,11H2,1H3,(H,23,24)/t18-/m0/s1. The van der Waals surface area contributed by atoms with E-state index in [0.717, 1.165) is 18.4 Å². The molecule has 0 radical (unpaired) electrons. The molecule has 8 heteroatoms. The third kappa shape index (κ3) is 4.01. The van der Waals surface area contributed by atoms with Gasteiger partial charge in [0.2, 0.25) is 15.9 Å². The van der Waals surface area contributed by atoms with Crippen molar-refractivity contribution in [1.82, 2.24) is 4.72 Å². The average molecular weight is 388 g/mol. The fourth-order valence-electron chi connectivity index (χ4n) is 3.18. The highest BCUT2D eigenvalue weighted by molar-refractivity contribution is 7.89. The van der Waals surface area contributed by atoms with Crippen LogP contribution >= 0.6 is 0 Å². The Morgan fingerprint density at radius 3 is 2.48 bits per heavy atom. The molecule has 2 N–H and O–H groups in total. The molecule has 0 unspecified atom stereocenters. The Morgan fingerprint density at radius 1 is 1.15 bits per heavy atom. The van der Waals surface area contributed by atoms with Gasteiger partial charge in [-0.25, -0.2) is 8.42 Å². The zero-order valence-corrected chi connectivity index (χ0v) is 15.6. The van der Waals surface area contributed by atoms with Crippen LogP contribution in [0.4, 0.5) is 5.69 Å². The first kappa shape index (κ1) is 19.1. The van der Waals surface area contributed by atoms with Crippen molar-refractivity contribution in [2.75, 3.05) is 11.4 Å². The van der Waals surface area contributed by atoms with Gasteiger partial charge in [-0.05, 0) is 36.1 Å². The smallest absolute Gasteiger partial charge is 0.326 e. The summed E-state index contributed by atoms with van der Waals surface area (Å²) >= 11 is 0. The molecular weight excluding hydrogens is 368 g/mol. The Balaban J connectivity index is 1.96. The number of carboxylic acids is 1. The lowest BCUT2D eigenvalue weighted by Gasteiger charge is -2.29. The molecule has 7 nitrogen and oxygen atoms in total. The SMILES string of the molecule is CC(=O)N1CCCc2ccc(S(=O)(=O)N[C@H](C(=O)O)c3ccccc3)cc21. The summed E-state index contributed by atoms with van der Waals surface area (Å²) in [6.45, 7) is 1.96. The molecule has 0 saturated heterocycles. The summed E-state index contributed by atoms with van der Waals surface area (Å²) in [6.07, 6.45) is 1.57. The highest BCUT2D eigenvalue weighted by Crippen LogP contribution is 2.30. The fraction of sp³-hybridized carbons (Fsp3) is 0.263. The summed E-state index contributed by atoms with van der Waals surface area (Å²) in [5, 5.41) is 9.46. The number of hydrogen-bond acceptors (Lipinski definition) is 4. The summed E-state index contributed by atoms with van der Waals surface area (Å²) < 4.78 is 27.9. The van der Waals surface area contributed by atoms with Gasteiger partial charge in [-0.3, -0.25) is 9.59 Å². The van der Waals surface area contributed by atoms with Gasteiger partial charge >= 0.3 is 5.97 Å². The molecule has 1 amide bonds. The molecular formula is C19H20N2O5S. The lowest BCUT2D eigenvalue weighted by molar-refractivity contribution is -0.139. The van der Waals surface area contributed by atoms with Gasteiger partial charge in [0.25, 0.3) is 0 Å². The predicted molar refractivity (Wildman–Crippen MR) is 99.9 cm³/mol. The second-order valence-electron chi connectivity index (χ2n) is 6.37. The number of benzene rings is 2. The van der Waals surface area contributed by atoms with Gasteiger partial charge in [0, 0.05) is 19.2 Å². The maximum Gasteiger partial charge on any atom is 0.326 e. The molecule has 1 atom stereocenters. The van der Waals surface area contributed by atoms with Crippen LogP contribution in [0.5, 0.6) is 0 Å². The van der Waals surface area contributed by atoms with E-state index < -0.39 is 22.0 Å². The Morgan fingerprint density at radius 2 is 1.85 bits per heavy atom. The van der Waals surface area contributed by atoms with Crippen LogP contribution in [0.2, 0.25) is 0 Å². The van der Waals surface area contributed by atoms with Gasteiger partial charge in [-0.1, -0.05) is 36.4 Å². The number of nitrogens with zero attached hydrogens (tertiary/aromatic N) is 1. The number of amides is 1. The van der Waals surface area contributed by atoms with E-state index in [1.54, 1.807) is 41.3 Å². The van der Waals surface area contributed by atoms with Crippen LogP contribution in [0.25, 0.3) is 0 Å². The van der Waals surface area contributed by atoms with E-state index in [1.807, 2.05) is 0 Å². The molecule has 1 aliphatic rings. The number of nitrogens with one attached hydrogen (secondary N) is 1. The number of carbonyl (C=O) groups is 2. The van der Waals surface area contributed by atoms with Crippen molar-refractivity contribution in [3.8, 4) is 0 Å². The van der Waals surface area contributed by atoms with Crippen molar-refractivity contribution >= 4 is 27.6 Å². The first-order chi connectivity index (χ1) is 12.8. The largest absolute Gasteiger partial charge is 0.480 e. The van der Waals surface area contributed by atoms with Crippen molar-refractivity contribution in [2.45, 2.75) is 30.7 Å². The van der Waals surface area contributed by atoms with Crippen LogP contribution < -0.4 is 9.62 Å². The predicted octanol–water partition coefficient (Wildman–Crippen LogP) is 2.09. The Hall–Kier alpha value is -2.71. The number of aryl methyl sites for hydroxylation is 1. The molecule has 27 heavy (non-hydrogen) atoms. The van der Waals surface area contributed by atoms with E-state index >= 15 is 0 Å². The lowest BCUT2D eigenvalue weighted by atomic mass is 10.0. The molecule has 2 aromatic rings. The summed E-state index contributed by atoms with van der Waals surface area (Å²) in [4.78, 5) is 24.9. The normalized spacial score (nSPS) is 15.1. The Labute approximate surface area is 157 Å². The van der Waals surface area contributed by atoms with Crippen molar-refractivity contribution in [2.24, 2.45) is 0 Å². The van der Waals surface area contributed by atoms with Crippen molar-refractivity contribution in [1.29, 1.82) is 0 Å². The molecule has 3 rings (SSSR count). The number of hydrogen-bond donors (Lipinski definition) is 2. The second kappa shape index (κ2) is 7.50. The van der Waals surface area contributed by atoms with Crippen LogP contribution in [-0.2, 0) is 26.0 Å². The van der Waals surface area contributed by atoms with Crippen LogP contribution in [0.3, 0.4) is 0 Å². The maximum absolute atomic E-state index is 12.8. The average Bonchev–Trinajstić information content (AvgIpc) is 2.65. The molecule has 142 valence electrons. The first-order valence-electron chi connectivity index (χ1n) is 8.51. The monoisotopic (exact) mass is 388 g/mol. The van der Waals surface area contributed by atoms with Crippen molar-refractivity contribution < 1.29 is 23.1 Å². The fourth-order valence-corrected chi connectivity index (χ4v) is 4.38. The molecule has 2 aromatic carbocycles. The minimum atomic E-state index is -4.10. The molecule has 1 aliphatic heterocycles. The molecule has 0 spiro atoms. The first-order valence-corrected chi connectivity index (χ1v) is 9.99. The van der Waals surface area contributed by atoms with E-state index in [1.165, 1.54) is 19.1 Å². The van der Waals surface area contributed by atoms with Crippen LogP contribution in [0.1, 0.15) is 30.5 Å².